The average Bonchev–Trinajstić information content (AvgIpc) is 1.19. The van der Waals surface area contributed by atoms with E-state index in [1.807, 2.05) is 0 Å². The zero-order valence-electron chi connectivity index (χ0n) is 8.60. The second kappa shape index (κ2) is 31.0. The summed E-state index contributed by atoms with van der Waals surface area (Å²) < 4.78 is 34.1. The van der Waals surface area contributed by atoms with Crippen LogP contribution in [0.15, 0.2) is 0 Å². The molecule has 0 saturated heterocycles. The number of rotatable bonds is 0. The van der Waals surface area contributed by atoms with Crippen molar-refractivity contribution in [3.8, 4) is 0 Å². The van der Waals surface area contributed by atoms with Gasteiger partial charge >= 0.3 is 146 Å². The standard InChI is InChI=1S/CH2O3.2ClH.K.3Na.H2O4S/c2-1(3)4;;;;;;;1-5(2,3)4/h(H2,2,3,4);2*1H;;;;;(H2,1,2,3,4)/q;;;4*+1;/p-4. The Morgan fingerprint density at radius 1 is 0.933 bits per heavy atom. The molecule has 0 aromatic heterocycles. The molecule has 0 amide bonds. The van der Waals surface area contributed by atoms with Crippen LogP contribution in [0.25, 0.3) is 0 Å². The van der Waals surface area contributed by atoms with Gasteiger partial charge < -0.3 is 44.1 Å². The van der Waals surface area contributed by atoms with Crippen LogP contribution in [0.2, 0.25) is 0 Å². The summed E-state index contributed by atoms with van der Waals surface area (Å²) in [5, 5.41) is 13.9. The molecule has 0 radical (unpaired) electrons. The summed E-state index contributed by atoms with van der Waals surface area (Å²) >= 11 is 0. The van der Waals surface area contributed by atoms with Gasteiger partial charge in [-0.25, -0.2) is 4.79 Å². The van der Waals surface area contributed by atoms with E-state index in [-0.39, 0.29) is 165 Å². The van der Waals surface area contributed by atoms with Crippen molar-refractivity contribution in [1.82, 2.24) is 0 Å². The molecule has 0 aromatic carbocycles. The van der Waals surface area contributed by atoms with Gasteiger partial charge in [0.1, 0.15) is 0 Å². The van der Waals surface area contributed by atoms with Crippen LogP contribution in [0.3, 0.4) is 0 Å². The van der Waals surface area contributed by atoms with Crippen LogP contribution in [0, 0.1) is 0 Å². The summed E-state index contributed by atoms with van der Waals surface area (Å²) in [6, 6.07) is 0. The second-order valence-electron chi connectivity index (χ2n) is 0.691. The van der Waals surface area contributed by atoms with Crippen molar-refractivity contribution in [2.24, 2.45) is 0 Å². The third-order valence-corrected chi connectivity index (χ3v) is 0. The molecule has 0 fully saturated rings. The minimum atomic E-state index is -5.17. The molecular weight excluding hydrogens is 335 g/mol. The van der Waals surface area contributed by atoms with Gasteiger partial charge in [0.15, 0.2) is 0 Å². The number of carbonyl (C=O) groups is 1. The molecule has 0 unspecified atom stereocenters. The van der Waals surface area contributed by atoms with Gasteiger partial charge in [-0.1, -0.05) is 0 Å². The topological polar surface area (TPSA) is 138 Å². The fourth-order valence-corrected chi connectivity index (χ4v) is 0. The number of hydrogen-bond donors (Lipinski definition) is 2. The minimum absolute atomic E-state index is 0. The zero-order valence-corrected chi connectivity index (χ0v) is 20.1. The van der Waals surface area contributed by atoms with E-state index in [1.165, 1.54) is 0 Å². The fourth-order valence-electron chi connectivity index (χ4n) is 0. The third kappa shape index (κ3) is 259. The molecule has 0 heterocycles. The summed E-state index contributed by atoms with van der Waals surface area (Å²) in [5.41, 5.74) is 0. The van der Waals surface area contributed by atoms with Crippen molar-refractivity contribution in [2.45, 2.75) is 0 Å². The molecule has 0 rings (SSSR count). The Morgan fingerprint density at radius 3 is 0.933 bits per heavy atom. The summed E-state index contributed by atoms with van der Waals surface area (Å²) in [6.07, 6.45) is -1.83. The second-order valence-corrected chi connectivity index (χ2v) is 1.51. The largest absolute Gasteiger partial charge is 1.00 e. The molecule has 0 atom stereocenters. The molecule has 0 aromatic rings. The first-order valence-corrected chi connectivity index (χ1v) is 2.65. The van der Waals surface area contributed by atoms with E-state index in [1.54, 1.807) is 0 Å². The Hall–Kier alpha value is 4.36. The summed E-state index contributed by atoms with van der Waals surface area (Å²) in [7, 11) is -5.17. The van der Waals surface area contributed by atoms with Gasteiger partial charge in [0.05, 0.1) is 0 Å². The van der Waals surface area contributed by atoms with Crippen LogP contribution < -0.4 is 165 Å². The van der Waals surface area contributed by atoms with Gasteiger partial charge in [0.2, 0.25) is 0 Å². The van der Waals surface area contributed by atoms with E-state index < -0.39 is 16.6 Å². The SMILES string of the molecule is O=C(O)O.O=S(=O)([O-])[O-].[Cl-].[Cl-].[K+].[Na+].[Na+].[Na+]. The third-order valence-electron chi connectivity index (χ3n) is 0. The van der Waals surface area contributed by atoms with E-state index in [9.17, 15) is 0 Å². The van der Waals surface area contributed by atoms with Crippen LogP contribution in [0.4, 0.5) is 4.79 Å². The number of halogens is 2. The molecular formula is CH2Cl2KNa3O7S. The van der Waals surface area contributed by atoms with Crippen LogP contribution in [-0.4, -0.2) is 33.9 Å². The molecule has 72 valence electrons. The molecule has 0 aliphatic heterocycles. The fraction of sp³-hybridized carbons (Fsp3) is 0. The summed E-state index contributed by atoms with van der Waals surface area (Å²) in [6.45, 7) is 0. The average molecular weight is 337 g/mol. The molecule has 0 saturated carbocycles. The Kier molecular flexibility index (Phi) is 105. The predicted molar refractivity (Wildman–Crippen MR) is 21.1 cm³/mol. The van der Waals surface area contributed by atoms with E-state index in [4.69, 9.17) is 32.5 Å². The molecule has 0 bridgehead atoms. The smallest absolute Gasteiger partial charge is 1.00 e. The van der Waals surface area contributed by atoms with Crippen molar-refractivity contribution in [1.29, 1.82) is 0 Å². The quantitative estimate of drug-likeness (QED) is 0.254. The molecule has 15 heavy (non-hydrogen) atoms. The van der Waals surface area contributed by atoms with Crippen LogP contribution in [-0.2, 0) is 10.4 Å². The molecule has 0 spiro atoms. The minimum Gasteiger partial charge on any atom is -1.00 e. The van der Waals surface area contributed by atoms with Gasteiger partial charge in [0.25, 0.3) is 0 Å². The van der Waals surface area contributed by atoms with Crippen molar-refractivity contribution in [2.75, 3.05) is 0 Å². The Bertz CT molecular complexity index is 175. The van der Waals surface area contributed by atoms with E-state index in [2.05, 4.69) is 0 Å². The maximum atomic E-state index is 8.56. The zero-order chi connectivity index (χ0) is 8.08. The van der Waals surface area contributed by atoms with Crippen LogP contribution in [0.5, 0.6) is 0 Å². The first-order valence-electron chi connectivity index (χ1n) is 1.32. The Labute approximate surface area is 209 Å². The maximum absolute atomic E-state index is 8.56. The van der Waals surface area contributed by atoms with Gasteiger partial charge in [-0.15, -0.1) is 0 Å². The number of hydrogen-bond acceptors (Lipinski definition) is 5. The van der Waals surface area contributed by atoms with Crippen molar-refractivity contribution in [3.63, 3.8) is 0 Å². The van der Waals surface area contributed by atoms with Gasteiger partial charge in [-0.2, -0.15) is 0 Å². The van der Waals surface area contributed by atoms with E-state index >= 15 is 0 Å². The van der Waals surface area contributed by atoms with E-state index in [0.717, 1.165) is 0 Å². The van der Waals surface area contributed by atoms with Crippen molar-refractivity contribution in [3.05, 3.63) is 0 Å². The molecule has 14 heteroatoms. The first kappa shape index (κ1) is 50.6. The molecule has 0 aliphatic rings. The monoisotopic (exact) mass is 336 g/mol. The Balaban J connectivity index is -0.00000000785. The van der Waals surface area contributed by atoms with Crippen LogP contribution >= 0.6 is 0 Å². The maximum Gasteiger partial charge on any atom is 1.00 e. The predicted octanol–water partition coefficient (Wildman–Crippen LogP) is -19.1. The molecule has 2 N–H and O–H groups in total. The first-order chi connectivity index (χ1) is 3.73. The summed E-state index contributed by atoms with van der Waals surface area (Å²) in [5.74, 6) is 0. The molecule has 0 aliphatic carbocycles. The normalized spacial score (nSPS) is 5.47. The van der Waals surface area contributed by atoms with Crippen molar-refractivity contribution < 1.29 is 197 Å². The summed E-state index contributed by atoms with van der Waals surface area (Å²) in [4.78, 5) is 8.56. The van der Waals surface area contributed by atoms with Gasteiger partial charge in [-0.05, 0) is 0 Å². The molecule has 7 nitrogen and oxygen atoms in total. The van der Waals surface area contributed by atoms with Gasteiger partial charge in [-0.3, -0.25) is 8.42 Å². The van der Waals surface area contributed by atoms with Crippen LogP contribution in [0.1, 0.15) is 0 Å². The Morgan fingerprint density at radius 2 is 0.933 bits per heavy atom. The number of carboxylic acid groups (broad SMARTS) is 2. The van der Waals surface area contributed by atoms with E-state index in [0.29, 0.717) is 0 Å². The van der Waals surface area contributed by atoms with Gasteiger partial charge in [0, 0.05) is 10.4 Å². The van der Waals surface area contributed by atoms with Crippen molar-refractivity contribution >= 4 is 16.6 Å².